The second-order valence-corrected chi connectivity index (χ2v) is 3.13. The summed E-state index contributed by atoms with van der Waals surface area (Å²) in [4.78, 5) is 10.6. The van der Waals surface area contributed by atoms with Crippen LogP contribution in [0.3, 0.4) is 0 Å². The Balaban J connectivity index is 2.75. The molecule has 0 aromatic heterocycles. The van der Waals surface area contributed by atoms with Crippen LogP contribution in [0, 0.1) is 5.41 Å². The average molecular weight is 144 g/mol. The second kappa shape index (κ2) is 2.23. The molecule has 0 aromatic carbocycles. The van der Waals surface area contributed by atoms with Gasteiger partial charge in [-0.1, -0.05) is 0 Å². The Morgan fingerprint density at radius 1 is 1.70 bits per heavy atom. The van der Waals surface area contributed by atoms with Crippen LogP contribution in [0.4, 0.5) is 0 Å². The van der Waals surface area contributed by atoms with Gasteiger partial charge in [0.1, 0.15) is 0 Å². The molecule has 2 N–H and O–H groups in total. The van der Waals surface area contributed by atoms with Crippen molar-refractivity contribution in [3.05, 3.63) is 0 Å². The van der Waals surface area contributed by atoms with E-state index in [2.05, 4.69) is 0 Å². The molecule has 0 bridgehead atoms. The molecule has 0 unspecified atom stereocenters. The van der Waals surface area contributed by atoms with Gasteiger partial charge in [-0.25, -0.2) is 0 Å². The van der Waals surface area contributed by atoms with E-state index >= 15 is 0 Å². The second-order valence-electron chi connectivity index (χ2n) is 3.13. The van der Waals surface area contributed by atoms with Crippen LogP contribution in [-0.2, 0) is 4.79 Å². The maximum Gasteiger partial charge on any atom is 0.311 e. The molecule has 1 saturated carbocycles. The third kappa shape index (κ3) is 0.904. The van der Waals surface area contributed by atoms with Crippen LogP contribution in [-0.4, -0.2) is 22.3 Å². The first-order valence-corrected chi connectivity index (χ1v) is 3.49. The van der Waals surface area contributed by atoms with E-state index in [0.29, 0.717) is 12.8 Å². The summed E-state index contributed by atoms with van der Waals surface area (Å²) in [5.74, 6) is -0.877. The number of hydrogen-bond acceptors (Lipinski definition) is 2. The molecule has 1 fully saturated rings. The van der Waals surface area contributed by atoms with Gasteiger partial charge < -0.3 is 10.2 Å². The summed E-state index contributed by atoms with van der Waals surface area (Å²) in [6, 6.07) is 0. The van der Waals surface area contributed by atoms with Gasteiger partial charge in [0.25, 0.3) is 0 Å². The van der Waals surface area contributed by atoms with Crippen molar-refractivity contribution < 1.29 is 15.0 Å². The highest BCUT2D eigenvalue weighted by Crippen LogP contribution is 2.37. The topological polar surface area (TPSA) is 57.5 Å². The van der Waals surface area contributed by atoms with Crippen molar-refractivity contribution in [3.63, 3.8) is 0 Å². The highest BCUT2D eigenvalue weighted by Gasteiger charge is 2.44. The van der Waals surface area contributed by atoms with Crippen molar-refractivity contribution in [2.75, 3.05) is 0 Å². The largest absolute Gasteiger partial charge is 0.481 e. The van der Waals surface area contributed by atoms with Gasteiger partial charge in [-0.2, -0.15) is 0 Å². The molecule has 0 amide bonds. The Hall–Kier alpha value is -0.570. The normalized spacial score (nSPS) is 40.0. The molecule has 0 heterocycles. The zero-order chi connectivity index (χ0) is 7.78. The molecule has 1 rings (SSSR count). The third-order valence-electron chi connectivity index (χ3n) is 2.40. The number of rotatable bonds is 1. The number of carbonyl (C=O) groups is 1. The Kier molecular flexibility index (Phi) is 1.68. The first kappa shape index (κ1) is 7.54. The van der Waals surface area contributed by atoms with Gasteiger partial charge in [0, 0.05) is 0 Å². The van der Waals surface area contributed by atoms with Gasteiger partial charge in [0.15, 0.2) is 0 Å². The maximum absolute atomic E-state index is 10.6. The number of aliphatic carboxylic acids is 1. The summed E-state index contributed by atoms with van der Waals surface area (Å²) in [6.07, 6.45) is 1.40. The van der Waals surface area contributed by atoms with Crippen LogP contribution >= 0.6 is 0 Å². The molecule has 2 atom stereocenters. The average Bonchev–Trinajstić information content (AvgIpc) is 2.15. The summed E-state index contributed by atoms with van der Waals surface area (Å²) in [5.41, 5.74) is -0.875. The SMILES string of the molecule is C[C@@]1(C(=O)O)CCC[C@H]1O. The van der Waals surface area contributed by atoms with Crippen LogP contribution < -0.4 is 0 Å². The van der Waals surface area contributed by atoms with Gasteiger partial charge in [-0.15, -0.1) is 0 Å². The first-order valence-electron chi connectivity index (χ1n) is 3.49. The molecule has 1 aliphatic carbocycles. The van der Waals surface area contributed by atoms with E-state index < -0.39 is 17.5 Å². The molecule has 58 valence electrons. The number of carboxylic acids is 1. The van der Waals surface area contributed by atoms with Crippen molar-refractivity contribution in [2.24, 2.45) is 5.41 Å². The summed E-state index contributed by atoms with van der Waals surface area (Å²) in [7, 11) is 0. The minimum atomic E-state index is -0.877. The molecule has 0 radical (unpaired) electrons. The van der Waals surface area contributed by atoms with Gasteiger partial charge >= 0.3 is 5.97 Å². The lowest BCUT2D eigenvalue weighted by Crippen LogP contribution is -2.34. The number of carboxylic acid groups (broad SMARTS) is 1. The Morgan fingerprint density at radius 2 is 2.30 bits per heavy atom. The zero-order valence-corrected chi connectivity index (χ0v) is 6.00. The molecule has 0 saturated heterocycles. The fourth-order valence-corrected chi connectivity index (χ4v) is 1.40. The lowest BCUT2D eigenvalue weighted by molar-refractivity contribution is -0.152. The van der Waals surface area contributed by atoms with Crippen LogP contribution in [0.2, 0.25) is 0 Å². The predicted octanol–water partition coefficient (Wildman–Crippen LogP) is 0.622. The van der Waals surface area contributed by atoms with E-state index in [1.54, 1.807) is 6.92 Å². The first-order chi connectivity index (χ1) is 4.57. The monoisotopic (exact) mass is 144 g/mol. The van der Waals surface area contributed by atoms with Crippen LogP contribution in [0.25, 0.3) is 0 Å². The van der Waals surface area contributed by atoms with Crippen molar-refractivity contribution in [3.8, 4) is 0 Å². The van der Waals surface area contributed by atoms with Crippen LogP contribution in [0.1, 0.15) is 26.2 Å². The fraction of sp³-hybridized carbons (Fsp3) is 0.857. The van der Waals surface area contributed by atoms with E-state index in [1.165, 1.54) is 0 Å². The number of aliphatic hydroxyl groups excluding tert-OH is 1. The lowest BCUT2D eigenvalue weighted by atomic mass is 9.87. The number of hydrogen-bond donors (Lipinski definition) is 2. The van der Waals surface area contributed by atoms with Gasteiger partial charge in [-0.05, 0) is 26.2 Å². The standard InChI is InChI=1S/C7H12O3/c1-7(6(9)10)4-2-3-5(7)8/h5,8H,2-4H2,1H3,(H,9,10)/t5-,7-/m1/s1. The molecule has 10 heavy (non-hydrogen) atoms. The Labute approximate surface area is 59.7 Å². The summed E-state index contributed by atoms with van der Waals surface area (Å²) in [6.45, 7) is 1.60. The lowest BCUT2D eigenvalue weighted by Gasteiger charge is -2.21. The highest BCUT2D eigenvalue weighted by atomic mass is 16.4. The van der Waals surface area contributed by atoms with Crippen LogP contribution in [0.5, 0.6) is 0 Å². The van der Waals surface area contributed by atoms with E-state index in [4.69, 9.17) is 5.11 Å². The van der Waals surface area contributed by atoms with Gasteiger partial charge in [-0.3, -0.25) is 4.79 Å². The molecule has 0 aliphatic heterocycles. The molecule has 0 spiro atoms. The molecular weight excluding hydrogens is 132 g/mol. The van der Waals surface area contributed by atoms with E-state index in [9.17, 15) is 9.90 Å². The van der Waals surface area contributed by atoms with E-state index in [1.807, 2.05) is 0 Å². The summed E-state index contributed by atoms with van der Waals surface area (Å²) in [5, 5.41) is 17.9. The highest BCUT2D eigenvalue weighted by molar-refractivity contribution is 5.75. The molecule has 0 aromatic rings. The van der Waals surface area contributed by atoms with Gasteiger partial charge in [0.05, 0.1) is 11.5 Å². The predicted molar refractivity (Wildman–Crippen MR) is 35.6 cm³/mol. The minimum Gasteiger partial charge on any atom is -0.481 e. The molecule has 1 aliphatic rings. The Bertz CT molecular complexity index is 155. The summed E-state index contributed by atoms with van der Waals surface area (Å²) < 4.78 is 0. The molecule has 3 heteroatoms. The Morgan fingerprint density at radius 3 is 2.50 bits per heavy atom. The number of aliphatic hydroxyl groups is 1. The van der Waals surface area contributed by atoms with Crippen molar-refractivity contribution in [1.82, 2.24) is 0 Å². The quantitative estimate of drug-likeness (QED) is 0.567. The summed E-state index contributed by atoms with van der Waals surface area (Å²) >= 11 is 0. The van der Waals surface area contributed by atoms with Gasteiger partial charge in [0.2, 0.25) is 0 Å². The van der Waals surface area contributed by atoms with Crippen molar-refractivity contribution >= 4 is 5.97 Å². The maximum atomic E-state index is 10.6. The zero-order valence-electron chi connectivity index (χ0n) is 6.00. The van der Waals surface area contributed by atoms with Crippen molar-refractivity contribution in [2.45, 2.75) is 32.3 Å². The fourth-order valence-electron chi connectivity index (χ4n) is 1.40. The molecular formula is C7H12O3. The smallest absolute Gasteiger partial charge is 0.311 e. The minimum absolute atomic E-state index is 0.601. The third-order valence-corrected chi connectivity index (χ3v) is 2.40. The molecule has 3 nitrogen and oxygen atoms in total. The van der Waals surface area contributed by atoms with E-state index in [0.717, 1.165) is 6.42 Å². The van der Waals surface area contributed by atoms with Crippen molar-refractivity contribution in [1.29, 1.82) is 0 Å². The van der Waals surface area contributed by atoms with E-state index in [-0.39, 0.29) is 0 Å². The van der Waals surface area contributed by atoms with Crippen LogP contribution in [0.15, 0.2) is 0 Å².